The quantitative estimate of drug-likeness (QED) is 0.555. The summed E-state index contributed by atoms with van der Waals surface area (Å²) in [6.07, 6.45) is -9.44. The monoisotopic (exact) mass is 491 g/mol. The van der Waals surface area contributed by atoms with Crippen LogP contribution in [0, 0.1) is 12.7 Å². The van der Waals surface area contributed by atoms with Crippen molar-refractivity contribution in [1.82, 2.24) is 15.1 Å². The van der Waals surface area contributed by atoms with Gasteiger partial charge >= 0.3 is 18.4 Å². The number of nitrogens with one attached hydrogen (secondary N) is 1. The maximum absolute atomic E-state index is 13.6. The highest BCUT2D eigenvalue weighted by molar-refractivity contribution is 5.75. The van der Waals surface area contributed by atoms with Crippen LogP contribution >= 0.6 is 0 Å². The molecule has 0 aromatic heterocycles. The molecule has 4 nitrogen and oxygen atoms in total. The van der Waals surface area contributed by atoms with E-state index in [0.717, 1.165) is 10.5 Å². The molecule has 186 valence electrons. The minimum absolute atomic E-state index is 0.0547. The van der Waals surface area contributed by atoms with Crippen LogP contribution in [0.1, 0.15) is 40.3 Å². The number of urea groups is 1. The lowest BCUT2D eigenvalue weighted by Crippen LogP contribution is -2.44. The van der Waals surface area contributed by atoms with Gasteiger partial charge in [0.05, 0.1) is 17.2 Å². The second-order valence-corrected chi connectivity index (χ2v) is 8.30. The van der Waals surface area contributed by atoms with Crippen molar-refractivity contribution in [2.24, 2.45) is 0 Å². The smallest absolute Gasteiger partial charge is 0.323 e. The van der Waals surface area contributed by atoms with Crippen LogP contribution in [-0.2, 0) is 18.9 Å². The number of carbonyl (C=O) groups is 1. The number of benzene rings is 2. The van der Waals surface area contributed by atoms with Crippen LogP contribution in [0.4, 0.5) is 35.5 Å². The second kappa shape index (κ2) is 9.81. The third kappa shape index (κ3) is 5.99. The number of halogens is 7. The van der Waals surface area contributed by atoms with Crippen molar-refractivity contribution in [1.29, 1.82) is 0 Å². The van der Waals surface area contributed by atoms with Crippen molar-refractivity contribution >= 4 is 6.03 Å². The first-order valence-electron chi connectivity index (χ1n) is 10.5. The fourth-order valence-corrected chi connectivity index (χ4v) is 4.11. The zero-order valence-electron chi connectivity index (χ0n) is 18.5. The van der Waals surface area contributed by atoms with Gasteiger partial charge in [-0.3, -0.25) is 0 Å². The van der Waals surface area contributed by atoms with Gasteiger partial charge in [-0.1, -0.05) is 6.07 Å². The highest BCUT2D eigenvalue weighted by atomic mass is 19.4. The van der Waals surface area contributed by atoms with Crippen molar-refractivity contribution in [2.45, 2.75) is 38.3 Å². The van der Waals surface area contributed by atoms with Gasteiger partial charge in [0.25, 0.3) is 0 Å². The molecule has 1 aliphatic heterocycles. The summed E-state index contributed by atoms with van der Waals surface area (Å²) in [4.78, 5) is 15.9. The summed E-state index contributed by atoms with van der Waals surface area (Å²) in [6.45, 7) is 2.56. The number of alkyl halides is 6. The average Bonchev–Trinajstić information content (AvgIpc) is 2.97. The van der Waals surface area contributed by atoms with Crippen LogP contribution in [0.25, 0.3) is 0 Å². The predicted octanol–water partition coefficient (Wildman–Crippen LogP) is 5.76. The molecule has 0 spiro atoms. The maximum atomic E-state index is 13.6. The Morgan fingerprint density at radius 2 is 1.65 bits per heavy atom. The Hall–Kier alpha value is -2.82. The minimum atomic E-state index is -4.97. The first kappa shape index (κ1) is 25.8. The molecule has 0 aliphatic carbocycles. The van der Waals surface area contributed by atoms with Gasteiger partial charge in [-0.2, -0.15) is 26.3 Å². The largest absolute Gasteiger partial charge is 0.416 e. The fraction of sp³-hybridized carbons (Fsp3) is 0.435. The second-order valence-electron chi connectivity index (χ2n) is 8.30. The first-order chi connectivity index (χ1) is 15.8. The number of hydrogen-bond donors (Lipinski definition) is 1. The summed E-state index contributed by atoms with van der Waals surface area (Å²) in [5.41, 5.74) is -1.79. The van der Waals surface area contributed by atoms with Crippen LogP contribution in [0.5, 0.6) is 0 Å². The van der Waals surface area contributed by atoms with E-state index in [0.29, 0.717) is 37.2 Å². The lowest BCUT2D eigenvalue weighted by Gasteiger charge is -2.34. The van der Waals surface area contributed by atoms with Crippen LogP contribution in [-0.4, -0.2) is 42.5 Å². The predicted molar refractivity (Wildman–Crippen MR) is 111 cm³/mol. The first-order valence-corrected chi connectivity index (χ1v) is 10.5. The minimum Gasteiger partial charge on any atom is -0.323 e. The summed E-state index contributed by atoms with van der Waals surface area (Å²) in [5.74, 6) is -0.423. The van der Waals surface area contributed by atoms with Crippen molar-refractivity contribution < 1.29 is 35.5 Å². The van der Waals surface area contributed by atoms with Gasteiger partial charge in [0.2, 0.25) is 0 Å². The lowest BCUT2D eigenvalue weighted by atomic mass is 9.97. The molecule has 1 aliphatic rings. The van der Waals surface area contributed by atoms with Gasteiger partial charge in [0.1, 0.15) is 5.82 Å². The van der Waals surface area contributed by atoms with Gasteiger partial charge in [-0.25, -0.2) is 9.18 Å². The Kier molecular flexibility index (Phi) is 7.44. The summed E-state index contributed by atoms with van der Waals surface area (Å²) in [6, 6.07) is 4.52. The normalized spacial score (nSPS) is 17.4. The van der Waals surface area contributed by atoms with E-state index in [-0.39, 0.29) is 18.2 Å². The molecule has 0 saturated carbocycles. The van der Waals surface area contributed by atoms with Crippen LogP contribution in [0.3, 0.4) is 0 Å². The van der Waals surface area contributed by atoms with E-state index in [9.17, 15) is 35.5 Å². The summed E-state index contributed by atoms with van der Waals surface area (Å²) in [7, 11) is 1.32. The van der Waals surface area contributed by atoms with Crippen LogP contribution in [0.2, 0.25) is 0 Å². The van der Waals surface area contributed by atoms with E-state index in [1.165, 1.54) is 24.1 Å². The van der Waals surface area contributed by atoms with Gasteiger partial charge < -0.3 is 15.1 Å². The van der Waals surface area contributed by atoms with E-state index in [1.54, 1.807) is 13.0 Å². The topological polar surface area (TPSA) is 35.6 Å². The Labute approximate surface area is 192 Å². The number of rotatable bonds is 3. The lowest BCUT2D eigenvalue weighted by molar-refractivity contribution is -0.143. The Morgan fingerprint density at radius 1 is 1.03 bits per heavy atom. The molecule has 1 atom stereocenters. The van der Waals surface area contributed by atoms with Crippen molar-refractivity contribution in [3.8, 4) is 0 Å². The van der Waals surface area contributed by atoms with Crippen LogP contribution < -0.4 is 5.32 Å². The number of aryl methyl sites for hydroxylation is 1. The molecular weight excluding hydrogens is 467 g/mol. The molecule has 1 N–H and O–H groups in total. The third-order valence-electron chi connectivity index (χ3n) is 5.73. The zero-order chi connectivity index (χ0) is 25.3. The molecule has 2 aromatic carbocycles. The molecule has 2 amide bonds. The highest BCUT2D eigenvalue weighted by Crippen LogP contribution is 2.37. The molecule has 11 heteroatoms. The molecule has 3 rings (SSSR count). The Morgan fingerprint density at radius 3 is 2.21 bits per heavy atom. The molecule has 1 unspecified atom stereocenters. The summed E-state index contributed by atoms with van der Waals surface area (Å²) in [5, 5.41) is 3.16. The zero-order valence-corrected chi connectivity index (χ0v) is 18.5. The van der Waals surface area contributed by atoms with E-state index < -0.39 is 47.9 Å². The molecule has 1 heterocycles. The number of carbonyl (C=O) groups excluding carboxylic acids is 1. The molecule has 2 aromatic rings. The Balaban J connectivity index is 1.90. The van der Waals surface area contributed by atoms with Crippen molar-refractivity contribution in [3.63, 3.8) is 0 Å². The Bertz CT molecular complexity index is 1000. The van der Waals surface area contributed by atoms with Crippen LogP contribution in [0.15, 0.2) is 36.4 Å². The van der Waals surface area contributed by atoms with Gasteiger partial charge in [-0.05, 0) is 66.9 Å². The van der Waals surface area contributed by atoms with Gasteiger partial charge in [0, 0.05) is 26.7 Å². The van der Waals surface area contributed by atoms with E-state index in [1.807, 2.05) is 0 Å². The van der Waals surface area contributed by atoms with E-state index in [2.05, 4.69) is 5.32 Å². The maximum Gasteiger partial charge on any atom is 0.416 e. The summed E-state index contributed by atoms with van der Waals surface area (Å²) < 4.78 is 92.7. The van der Waals surface area contributed by atoms with Gasteiger partial charge in [0.15, 0.2) is 0 Å². The number of hydrogen-bond acceptors (Lipinski definition) is 2. The number of nitrogens with zero attached hydrogens (tertiary/aromatic N) is 2. The molecular formula is C23H24F7N3O. The molecule has 34 heavy (non-hydrogen) atoms. The average molecular weight is 491 g/mol. The molecule has 1 fully saturated rings. The van der Waals surface area contributed by atoms with E-state index >= 15 is 0 Å². The van der Waals surface area contributed by atoms with Crippen molar-refractivity contribution in [3.05, 3.63) is 70.0 Å². The summed E-state index contributed by atoms with van der Waals surface area (Å²) >= 11 is 0. The fourth-order valence-electron chi connectivity index (χ4n) is 4.11. The van der Waals surface area contributed by atoms with Crippen molar-refractivity contribution in [2.75, 3.05) is 26.7 Å². The number of amides is 2. The molecule has 0 bridgehead atoms. The molecule has 0 radical (unpaired) electrons. The van der Waals surface area contributed by atoms with Gasteiger partial charge in [-0.15, -0.1) is 0 Å². The highest BCUT2D eigenvalue weighted by Gasteiger charge is 2.37. The standard InChI is InChI=1S/C23H24F7N3O/c1-14-9-18(24)3-4-19(14)20-5-6-31-7-8-33(20)21(34)32(2)13-15-10-16(22(25,26)27)12-17(11-15)23(28,29)30/h3-4,9-12,20,31H,5-8,13H2,1-2H3. The molecule has 1 saturated heterocycles. The third-order valence-corrected chi connectivity index (χ3v) is 5.73. The van der Waals surface area contributed by atoms with E-state index in [4.69, 9.17) is 0 Å². The SMILES string of the molecule is Cc1cc(F)ccc1C1CCNCCN1C(=O)N(C)Cc1cc(C(F)(F)F)cc(C(F)(F)F)c1.